The first-order valence-corrected chi connectivity index (χ1v) is 14.6. The normalized spacial score (nSPS) is 24.3. The van der Waals surface area contributed by atoms with Gasteiger partial charge in [-0.15, -0.1) is 10.2 Å². The molecule has 2 aliphatic heterocycles. The third kappa shape index (κ3) is 5.66. The molecule has 12 heteroatoms. The van der Waals surface area contributed by atoms with Gasteiger partial charge in [-0.3, -0.25) is 4.79 Å². The molecule has 2 fully saturated rings. The second-order valence-electron chi connectivity index (χ2n) is 7.88. The van der Waals surface area contributed by atoms with E-state index in [0.29, 0.717) is 30.8 Å². The molecule has 2 aliphatic rings. The highest BCUT2D eigenvalue weighted by Gasteiger charge is 2.35. The van der Waals surface area contributed by atoms with E-state index in [2.05, 4.69) is 10.2 Å². The van der Waals surface area contributed by atoms with E-state index in [4.69, 9.17) is 4.42 Å². The lowest BCUT2D eigenvalue weighted by Crippen LogP contribution is -2.42. The monoisotopic (exact) mass is 485 g/mol. The van der Waals surface area contributed by atoms with Crippen molar-refractivity contribution in [3.05, 3.63) is 36.2 Å². The largest absolute Gasteiger partial charge is 0.416 e. The third-order valence-electron chi connectivity index (χ3n) is 5.43. The van der Waals surface area contributed by atoms with Gasteiger partial charge in [-0.1, -0.05) is 30.0 Å². The summed E-state index contributed by atoms with van der Waals surface area (Å²) in [6.07, 6.45) is 1.39. The number of rotatable bonds is 7. The molecule has 2 saturated heterocycles. The van der Waals surface area contributed by atoms with Gasteiger partial charge in [-0.25, -0.2) is 16.8 Å². The zero-order valence-electron chi connectivity index (χ0n) is 16.7. The van der Waals surface area contributed by atoms with Crippen LogP contribution >= 0.6 is 11.8 Å². The lowest BCUT2D eigenvalue weighted by molar-refractivity contribution is -0.116. The summed E-state index contributed by atoms with van der Waals surface area (Å²) in [7, 11) is -6.12. The summed E-state index contributed by atoms with van der Waals surface area (Å²) < 4.78 is 52.7. The minimum Gasteiger partial charge on any atom is -0.416 e. The van der Waals surface area contributed by atoms with Crippen molar-refractivity contribution in [2.75, 3.05) is 33.7 Å². The predicted octanol–water partition coefficient (Wildman–Crippen LogP) is 1.36. The van der Waals surface area contributed by atoms with E-state index in [1.807, 2.05) is 6.07 Å². The standard InChI is InChI=1S/C19H23N3O6S3/c23-18(22(15-4-2-1-3-5-15)16-7-9-31(26,27)13-16)11-29-19-21-20-17(28-19)10-14-6-8-30(24,25)12-14/h1-5,14,16H,6-13H2/t14-,16-/m0/s1. The maximum absolute atomic E-state index is 13.0. The Balaban J connectivity index is 1.40. The van der Waals surface area contributed by atoms with Crippen molar-refractivity contribution >= 4 is 43.0 Å². The Morgan fingerprint density at radius 2 is 1.74 bits per heavy atom. The van der Waals surface area contributed by atoms with E-state index < -0.39 is 25.7 Å². The van der Waals surface area contributed by atoms with Crippen LogP contribution in [0.2, 0.25) is 0 Å². The predicted molar refractivity (Wildman–Crippen MR) is 116 cm³/mol. The number of sulfone groups is 2. The van der Waals surface area contributed by atoms with Gasteiger partial charge in [0.25, 0.3) is 5.22 Å². The Bertz CT molecular complexity index is 1150. The van der Waals surface area contributed by atoms with Crippen LogP contribution in [-0.4, -0.2) is 67.7 Å². The maximum Gasteiger partial charge on any atom is 0.277 e. The van der Waals surface area contributed by atoms with Crippen LogP contribution < -0.4 is 4.90 Å². The van der Waals surface area contributed by atoms with Gasteiger partial charge in [0.15, 0.2) is 19.7 Å². The minimum absolute atomic E-state index is 0.0187. The summed E-state index contributed by atoms with van der Waals surface area (Å²) in [5, 5.41) is 8.15. The molecule has 4 rings (SSSR count). The van der Waals surface area contributed by atoms with Gasteiger partial charge >= 0.3 is 0 Å². The number of carbonyl (C=O) groups excluding carboxylic acids is 1. The van der Waals surface area contributed by atoms with Gasteiger partial charge in [0, 0.05) is 12.1 Å². The molecule has 2 aromatic rings. The van der Waals surface area contributed by atoms with E-state index in [9.17, 15) is 21.6 Å². The molecule has 9 nitrogen and oxygen atoms in total. The fourth-order valence-electron chi connectivity index (χ4n) is 3.98. The number of aromatic nitrogens is 2. The van der Waals surface area contributed by atoms with Crippen molar-refractivity contribution in [3.8, 4) is 0 Å². The molecule has 2 atom stereocenters. The molecule has 0 spiro atoms. The number of amides is 1. The molecule has 168 valence electrons. The molecule has 1 aromatic carbocycles. The Labute approximate surface area is 185 Å². The van der Waals surface area contributed by atoms with Crippen LogP contribution in [0.25, 0.3) is 0 Å². The van der Waals surface area contributed by atoms with Crippen molar-refractivity contribution in [1.29, 1.82) is 0 Å². The van der Waals surface area contributed by atoms with Gasteiger partial charge in [-0.2, -0.15) is 0 Å². The quantitative estimate of drug-likeness (QED) is 0.534. The van der Waals surface area contributed by atoms with Crippen LogP contribution in [0, 0.1) is 5.92 Å². The van der Waals surface area contributed by atoms with Crippen LogP contribution in [-0.2, 0) is 30.9 Å². The van der Waals surface area contributed by atoms with Crippen molar-refractivity contribution < 1.29 is 26.0 Å². The third-order valence-corrected chi connectivity index (χ3v) is 9.82. The molecule has 1 aromatic heterocycles. The summed E-state index contributed by atoms with van der Waals surface area (Å²) >= 11 is 1.09. The smallest absolute Gasteiger partial charge is 0.277 e. The van der Waals surface area contributed by atoms with Crippen LogP contribution in [0.15, 0.2) is 40.0 Å². The van der Waals surface area contributed by atoms with E-state index in [0.717, 1.165) is 11.8 Å². The van der Waals surface area contributed by atoms with Crippen molar-refractivity contribution in [2.24, 2.45) is 5.92 Å². The van der Waals surface area contributed by atoms with Crippen LogP contribution in [0.5, 0.6) is 0 Å². The number of hydrogen-bond acceptors (Lipinski definition) is 9. The topological polar surface area (TPSA) is 128 Å². The highest BCUT2D eigenvalue weighted by Crippen LogP contribution is 2.27. The molecule has 1 amide bonds. The van der Waals surface area contributed by atoms with E-state index in [1.165, 1.54) is 0 Å². The van der Waals surface area contributed by atoms with E-state index in [-0.39, 0.29) is 45.8 Å². The fraction of sp³-hybridized carbons (Fsp3) is 0.526. The van der Waals surface area contributed by atoms with Gasteiger partial charge in [0.1, 0.15) is 0 Å². The lowest BCUT2D eigenvalue weighted by Gasteiger charge is -2.28. The van der Waals surface area contributed by atoms with Gasteiger partial charge in [-0.05, 0) is 30.9 Å². The zero-order valence-corrected chi connectivity index (χ0v) is 19.2. The number of nitrogens with zero attached hydrogens (tertiary/aromatic N) is 3. The number of anilines is 1. The Kier molecular flexibility index (Phi) is 6.40. The second-order valence-corrected chi connectivity index (χ2v) is 13.3. The summed E-state index contributed by atoms with van der Waals surface area (Å²) in [6.45, 7) is 0. The van der Waals surface area contributed by atoms with E-state index in [1.54, 1.807) is 29.2 Å². The van der Waals surface area contributed by atoms with Crippen LogP contribution in [0.3, 0.4) is 0 Å². The number of hydrogen-bond donors (Lipinski definition) is 0. The van der Waals surface area contributed by atoms with E-state index >= 15 is 0 Å². The molecule has 0 unspecified atom stereocenters. The van der Waals surface area contributed by atoms with Crippen LogP contribution in [0.4, 0.5) is 5.69 Å². The average Bonchev–Trinajstić information content (AvgIpc) is 3.40. The minimum atomic E-state index is -3.15. The molecule has 0 radical (unpaired) electrons. The number of benzene rings is 1. The highest BCUT2D eigenvalue weighted by molar-refractivity contribution is 7.99. The fourth-order valence-corrected chi connectivity index (χ4v) is 8.18. The molecule has 0 aliphatic carbocycles. The maximum atomic E-state index is 13.0. The number of thioether (sulfide) groups is 1. The van der Waals surface area contributed by atoms with Gasteiger partial charge in [0.05, 0.1) is 34.8 Å². The molecule has 0 N–H and O–H groups in total. The van der Waals surface area contributed by atoms with Gasteiger partial charge in [0.2, 0.25) is 11.8 Å². The van der Waals surface area contributed by atoms with Gasteiger partial charge < -0.3 is 9.32 Å². The molecular formula is C19H23N3O6S3. The molecule has 0 saturated carbocycles. The first-order chi connectivity index (χ1) is 14.7. The van der Waals surface area contributed by atoms with Crippen molar-refractivity contribution in [2.45, 2.75) is 30.5 Å². The Morgan fingerprint density at radius 3 is 2.39 bits per heavy atom. The molecular weight excluding hydrogens is 462 g/mol. The SMILES string of the molecule is O=C(CSc1nnc(C[C@@H]2CCS(=O)(=O)C2)o1)N(c1ccccc1)[C@H]1CCS(=O)(=O)C1. The number of carbonyl (C=O) groups is 1. The first-order valence-electron chi connectivity index (χ1n) is 9.94. The van der Waals surface area contributed by atoms with Crippen LogP contribution in [0.1, 0.15) is 18.7 Å². The summed E-state index contributed by atoms with van der Waals surface area (Å²) in [5.41, 5.74) is 0.656. The lowest BCUT2D eigenvalue weighted by atomic mass is 10.1. The summed E-state index contributed by atoms with van der Waals surface area (Å²) in [4.78, 5) is 14.6. The number of para-hydroxylation sites is 1. The molecule has 3 heterocycles. The molecule has 31 heavy (non-hydrogen) atoms. The highest BCUT2D eigenvalue weighted by atomic mass is 32.2. The average molecular weight is 486 g/mol. The Morgan fingerprint density at radius 1 is 1.03 bits per heavy atom. The first kappa shape index (κ1) is 22.3. The van der Waals surface area contributed by atoms with Crippen molar-refractivity contribution in [1.82, 2.24) is 10.2 Å². The summed E-state index contributed by atoms with van der Waals surface area (Å²) in [6, 6.07) is 8.62. The summed E-state index contributed by atoms with van der Waals surface area (Å²) in [5.74, 6) is 0.464. The second kappa shape index (κ2) is 8.91. The molecule has 0 bridgehead atoms. The van der Waals surface area contributed by atoms with Crippen molar-refractivity contribution in [3.63, 3.8) is 0 Å². The Hall–Kier alpha value is -1.92. The zero-order chi connectivity index (χ0) is 22.1.